The highest BCUT2D eigenvalue weighted by Gasteiger charge is 2.05. The van der Waals surface area contributed by atoms with Gasteiger partial charge in [-0.1, -0.05) is 46.6 Å². The fraction of sp³-hybridized carbons (Fsp3) is 0.250. The van der Waals surface area contributed by atoms with Crippen molar-refractivity contribution in [2.24, 2.45) is 0 Å². The first-order valence-corrected chi connectivity index (χ1v) is 7.83. The Balaban J connectivity index is 2.01. The molecular weight excluding hydrogens is 357 g/mol. The first kappa shape index (κ1) is 16.3. The van der Waals surface area contributed by atoms with Gasteiger partial charge in [0.05, 0.1) is 5.02 Å². The van der Waals surface area contributed by atoms with Gasteiger partial charge >= 0.3 is 0 Å². The van der Waals surface area contributed by atoms with Gasteiger partial charge in [0.2, 0.25) is 0 Å². The number of nitrogens with one attached hydrogen (secondary N) is 1. The van der Waals surface area contributed by atoms with Crippen molar-refractivity contribution in [3.8, 4) is 5.75 Å². The monoisotopic (exact) mass is 371 g/mol. The highest BCUT2D eigenvalue weighted by atomic mass is 79.9. The Labute approximate surface area is 137 Å². The van der Waals surface area contributed by atoms with E-state index in [-0.39, 0.29) is 5.02 Å². The number of ether oxygens (including phenoxy) is 1. The first-order valence-electron chi connectivity index (χ1n) is 6.66. The van der Waals surface area contributed by atoms with Crippen molar-refractivity contribution >= 4 is 27.5 Å². The molecule has 0 saturated heterocycles. The van der Waals surface area contributed by atoms with Crippen molar-refractivity contribution in [1.82, 2.24) is 5.32 Å². The maximum absolute atomic E-state index is 13.1. The van der Waals surface area contributed by atoms with Gasteiger partial charge in [-0.25, -0.2) is 4.39 Å². The Kier molecular flexibility index (Phi) is 6.03. The van der Waals surface area contributed by atoms with Gasteiger partial charge < -0.3 is 10.1 Å². The van der Waals surface area contributed by atoms with Crippen molar-refractivity contribution in [2.45, 2.75) is 20.1 Å². The maximum Gasteiger partial charge on any atom is 0.142 e. The minimum absolute atomic E-state index is 0.0625. The smallest absolute Gasteiger partial charge is 0.142 e. The summed E-state index contributed by atoms with van der Waals surface area (Å²) in [5.41, 5.74) is 2.23. The van der Waals surface area contributed by atoms with Crippen LogP contribution < -0.4 is 10.1 Å². The van der Waals surface area contributed by atoms with Gasteiger partial charge in [-0.15, -0.1) is 0 Å². The van der Waals surface area contributed by atoms with Crippen molar-refractivity contribution in [3.63, 3.8) is 0 Å². The second-order valence-corrected chi connectivity index (χ2v) is 5.83. The molecule has 0 fully saturated rings. The molecule has 2 aromatic carbocycles. The summed E-state index contributed by atoms with van der Waals surface area (Å²) < 4.78 is 19.7. The maximum atomic E-state index is 13.1. The minimum Gasteiger partial charge on any atom is -0.489 e. The number of rotatable bonds is 6. The topological polar surface area (TPSA) is 21.3 Å². The molecule has 0 atom stereocenters. The number of hydrogen-bond donors (Lipinski definition) is 1. The summed E-state index contributed by atoms with van der Waals surface area (Å²) in [6, 6.07) is 10.5. The van der Waals surface area contributed by atoms with Crippen molar-refractivity contribution < 1.29 is 9.13 Å². The normalized spacial score (nSPS) is 10.7. The lowest BCUT2D eigenvalue weighted by Crippen LogP contribution is -2.11. The average Bonchev–Trinajstić information content (AvgIpc) is 2.47. The molecule has 0 aliphatic rings. The van der Waals surface area contributed by atoms with Gasteiger partial charge in [-0.05, 0) is 30.3 Å². The Morgan fingerprint density at radius 1 is 1.24 bits per heavy atom. The van der Waals surface area contributed by atoms with Gasteiger partial charge in [0.25, 0.3) is 0 Å². The quantitative estimate of drug-likeness (QED) is 0.776. The van der Waals surface area contributed by atoms with E-state index in [2.05, 4.69) is 40.3 Å². The average molecular weight is 373 g/mol. The predicted octanol–water partition coefficient (Wildman–Crippen LogP) is 4.93. The molecule has 1 N–H and O–H groups in total. The molecule has 2 rings (SSSR count). The van der Waals surface area contributed by atoms with Crippen LogP contribution in [0.3, 0.4) is 0 Å². The second kappa shape index (κ2) is 7.78. The molecule has 2 nitrogen and oxygen atoms in total. The lowest BCUT2D eigenvalue weighted by Gasteiger charge is -2.10. The van der Waals surface area contributed by atoms with E-state index < -0.39 is 5.82 Å². The Bertz CT molecular complexity index is 621. The molecule has 0 heterocycles. The third-order valence-corrected chi connectivity index (χ3v) is 4.01. The van der Waals surface area contributed by atoms with Crippen molar-refractivity contribution in [2.75, 3.05) is 6.54 Å². The van der Waals surface area contributed by atoms with Crippen LogP contribution in [0, 0.1) is 5.82 Å². The Morgan fingerprint density at radius 2 is 2.05 bits per heavy atom. The summed E-state index contributed by atoms with van der Waals surface area (Å²) in [7, 11) is 0. The van der Waals surface area contributed by atoms with Crippen LogP contribution >= 0.6 is 27.5 Å². The Morgan fingerprint density at radius 3 is 2.71 bits per heavy atom. The summed E-state index contributed by atoms with van der Waals surface area (Å²) in [6.45, 7) is 4.24. The molecule has 0 aliphatic carbocycles. The largest absolute Gasteiger partial charge is 0.489 e. The lowest BCUT2D eigenvalue weighted by molar-refractivity contribution is 0.305. The molecule has 0 aliphatic heterocycles. The van der Waals surface area contributed by atoms with E-state index in [1.165, 1.54) is 17.7 Å². The molecule has 0 bridgehead atoms. The summed E-state index contributed by atoms with van der Waals surface area (Å²) in [5, 5.41) is 3.34. The van der Waals surface area contributed by atoms with Crippen LogP contribution in [0.4, 0.5) is 4.39 Å². The van der Waals surface area contributed by atoms with E-state index in [4.69, 9.17) is 16.3 Å². The molecule has 0 unspecified atom stereocenters. The zero-order valence-corrected chi connectivity index (χ0v) is 14.0. The van der Waals surface area contributed by atoms with E-state index in [1.54, 1.807) is 6.07 Å². The second-order valence-electron chi connectivity index (χ2n) is 4.57. The summed E-state index contributed by atoms with van der Waals surface area (Å²) in [5.74, 6) is 0.100. The molecular formula is C16H16BrClFNO. The predicted molar refractivity (Wildman–Crippen MR) is 87.3 cm³/mol. The van der Waals surface area contributed by atoms with Crippen LogP contribution in [0.2, 0.25) is 5.02 Å². The zero-order valence-electron chi connectivity index (χ0n) is 11.6. The molecule has 0 amide bonds. The van der Waals surface area contributed by atoms with Gasteiger partial charge in [0.1, 0.15) is 18.2 Å². The van der Waals surface area contributed by atoms with Crippen molar-refractivity contribution in [3.05, 3.63) is 62.8 Å². The number of benzene rings is 2. The van der Waals surface area contributed by atoms with Crippen LogP contribution in [0.15, 0.2) is 40.9 Å². The molecule has 21 heavy (non-hydrogen) atoms. The lowest BCUT2D eigenvalue weighted by atomic mass is 10.1. The molecule has 0 spiro atoms. The van der Waals surface area contributed by atoms with E-state index in [0.29, 0.717) is 12.4 Å². The Hall–Kier alpha value is -1.10. The third-order valence-electron chi connectivity index (χ3n) is 2.98. The minimum atomic E-state index is -0.446. The fourth-order valence-electron chi connectivity index (χ4n) is 1.81. The first-order chi connectivity index (χ1) is 10.1. The van der Waals surface area contributed by atoms with E-state index >= 15 is 0 Å². The SMILES string of the molecule is CCNCc1ccc(COc2ccc(F)c(Cl)c2)c(Br)c1. The van der Waals surface area contributed by atoms with E-state index in [1.807, 2.05) is 6.07 Å². The molecule has 0 saturated carbocycles. The summed E-state index contributed by atoms with van der Waals surface area (Å²) >= 11 is 9.27. The van der Waals surface area contributed by atoms with E-state index in [9.17, 15) is 4.39 Å². The number of halogens is 3. The molecule has 5 heteroatoms. The van der Waals surface area contributed by atoms with Crippen LogP contribution in [-0.2, 0) is 13.2 Å². The standard InChI is InChI=1S/C16H16BrClFNO/c1-2-20-9-11-3-4-12(14(17)7-11)10-21-13-5-6-16(19)15(18)8-13/h3-8,20H,2,9-10H2,1H3. The van der Waals surface area contributed by atoms with Gasteiger partial charge in [0, 0.05) is 22.6 Å². The number of hydrogen-bond acceptors (Lipinski definition) is 2. The third kappa shape index (κ3) is 4.70. The van der Waals surface area contributed by atoms with Crippen LogP contribution in [0.5, 0.6) is 5.75 Å². The summed E-state index contributed by atoms with van der Waals surface area (Å²) in [4.78, 5) is 0. The molecule has 0 aromatic heterocycles. The highest BCUT2D eigenvalue weighted by Crippen LogP contribution is 2.24. The van der Waals surface area contributed by atoms with Crippen LogP contribution in [0.1, 0.15) is 18.1 Å². The van der Waals surface area contributed by atoms with E-state index in [0.717, 1.165) is 23.1 Å². The van der Waals surface area contributed by atoms with Crippen LogP contribution in [-0.4, -0.2) is 6.54 Å². The van der Waals surface area contributed by atoms with Gasteiger partial charge in [-0.2, -0.15) is 0 Å². The summed E-state index contributed by atoms with van der Waals surface area (Å²) in [6.07, 6.45) is 0. The van der Waals surface area contributed by atoms with Crippen LogP contribution in [0.25, 0.3) is 0 Å². The molecule has 0 radical (unpaired) electrons. The van der Waals surface area contributed by atoms with Crippen molar-refractivity contribution in [1.29, 1.82) is 0 Å². The zero-order chi connectivity index (χ0) is 15.2. The van der Waals surface area contributed by atoms with Gasteiger partial charge in [-0.3, -0.25) is 0 Å². The fourth-order valence-corrected chi connectivity index (χ4v) is 2.53. The molecule has 2 aromatic rings. The molecule has 112 valence electrons. The highest BCUT2D eigenvalue weighted by molar-refractivity contribution is 9.10. The van der Waals surface area contributed by atoms with Gasteiger partial charge in [0.15, 0.2) is 0 Å².